The van der Waals surface area contributed by atoms with E-state index in [2.05, 4.69) is 31.3 Å². The van der Waals surface area contributed by atoms with Crippen molar-refractivity contribution in [3.05, 3.63) is 52.8 Å². The zero-order chi connectivity index (χ0) is 20.3. The SMILES string of the molecule is Cn1ncc(Br)c1-c1cc(Nc2ccc(C(F)(F)F)cn2)ccc1OCCN. The maximum absolute atomic E-state index is 12.7. The molecule has 0 fully saturated rings. The number of nitrogens with zero attached hydrogens (tertiary/aromatic N) is 3. The number of alkyl halides is 3. The van der Waals surface area contributed by atoms with Gasteiger partial charge in [-0.2, -0.15) is 18.3 Å². The summed E-state index contributed by atoms with van der Waals surface area (Å²) in [6.45, 7) is 0.706. The van der Waals surface area contributed by atoms with Crippen LogP contribution in [-0.4, -0.2) is 27.9 Å². The van der Waals surface area contributed by atoms with E-state index in [0.717, 1.165) is 28.0 Å². The topological polar surface area (TPSA) is 78.0 Å². The quantitative estimate of drug-likeness (QED) is 0.577. The summed E-state index contributed by atoms with van der Waals surface area (Å²) in [5.41, 5.74) is 6.89. The molecule has 1 aromatic carbocycles. The number of halogens is 4. The minimum Gasteiger partial charge on any atom is -0.492 e. The van der Waals surface area contributed by atoms with Gasteiger partial charge in [0.25, 0.3) is 0 Å². The summed E-state index contributed by atoms with van der Waals surface area (Å²) in [6, 6.07) is 7.58. The van der Waals surface area contributed by atoms with E-state index in [1.807, 2.05) is 6.07 Å². The lowest BCUT2D eigenvalue weighted by molar-refractivity contribution is -0.137. The number of rotatable bonds is 6. The van der Waals surface area contributed by atoms with Crippen molar-refractivity contribution in [1.29, 1.82) is 0 Å². The van der Waals surface area contributed by atoms with Crippen molar-refractivity contribution >= 4 is 27.4 Å². The summed E-state index contributed by atoms with van der Waals surface area (Å²) in [4.78, 5) is 3.83. The van der Waals surface area contributed by atoms with Crippen LogP contribution in [0.15, 0.2) is 47.2 Å². The lowest BCUT2D eigenvalue weighted by atomic mass is 10.1. The summed E-state index contributed by atoms with van der Waals surface area (Å²) in [7, 11) is 1.80. The zero-order valence-electron chi connectivity index (χ0n) is 14.8. The highest BCUT2D eigenvalue weighted by atomic mass is 79.9. The monoisotopic (exact) mass is 455 g/mol. The van der Waals surface area contributed by atoms with Gasteiger partial charge in [-0.3, -0.25) is 4.68 Å². The number of aromatic nitrogens is 3. The fourth-order valence-corrected chi connectivity index (χ4v) is 3.15. The second-order valence-electron chi connectivity index (χ2n) is 5.87. The second kappa shape index (κ2) is 8.19. The molecular weight excluding hydrogens is 439 g/mol. The fourth-order valence-electron chi connectivity index (χ4n) is 2.58. The van der Waals surface area contributed by atoms with Crippen LogP contribution in [0, 0.1) is 0 Å². The van der Waals surface area contributed by atoms with Crippen molar-refractivity contribution in [2.45, 2.75) is 6.18 Å². The van der Waals surface area contributed by atoms with Crippen LogP contribution in [0.5, 0.6) is 5.75 Å². The maximum atomic E-state index is 12.7. The smallest absolute Gasteiger partial charge is 0.417 e. The minimum absolute atomic E-state index is 0.290. The Labute approximate surface area is 167 Å². The van der Waals surface area contributed by atoms with Gasteiger partial charge in [0.2, 0.25) is 0 Å². The molecule has 0 saturated carbocycles. The molecule has 0 radical (unpaired) electrons. The molecule has 0 atom stereocenters. The summed E-state index contributed by atoms with van der Waals surface area (Å²) < 4.78 is 46.2. The van der Waals surface area contributed by atoms with Crippen LogP contribution in [-0.2, 0) is 13.2 Å². The predicted molar refractivity (Wildman–Crippen MR) is 103 cm³/mol. The molecule has 0 bridgehead atoms. The van der Waals surface area contributed by atoms with Gasteiger partial charge >= 0.3 is 6.18 Å². The van der Waals surface area contributed by atoms with Crippen molar-refractivity contribution in [1.82, 2.24) is 14.8 Å². The Hall–Kier alpha value is -2.59. The van der Waals surface area contributed by atoms with Crippen molar-refractivity contribution < 1.29 is 17.9 Å². The molecular formula is C18H17BrF3N5O. The van der Waals surface area contributed by atoms with E-state index in [-0.39, 0.29) is 0 Å². The predicted octanol–water partition coefficient (Wildman–Crippen LogP) is 4.34. The Kier molecular flexibility index (Phi) is 5.90. The molecule has 3 aromatic rings. The van der Waals surface area contributed by atoms with E-state index in [1.54, 1.807) is 30.1 Å². The minimum atomic E-state index is -4.42. The number of ether oxygens (including phenoxy) is 1. The molecule has 2 aromatic heterocycles. The first kappa shape index (κ1) is 20.2. The molecule has 0 amide bonds. The van der Waals surface area contributed by atoms with Gasteiger partial charge in [0.05, 0.1) is 21.9 Å². The Balaban J connectivity index is 1.93. The average Bonchev–Trinajstić information content (AvgIpc) is 2.98. The van der Waals surface area contributed by atoms with Crippen molar-refractivity contribution in [3.8, 4) is 17.0 Å². The van der Waals surface area contributed by atoms with E-state index in [4.69, 9.17) is 10.5 Å². The number of pyridine rings is 1. The van der Waals surface area contributed by atoms with Crippen molar-refractivity contribution in [2.24, 2.45) is 12.8 Å². The lowest BCUT2D eigenvalue weighted by Crippen LogP contribution is -2.11. The summed E-state index contributed by atoms with van der Waals surface area (Å²) in [5.74, 6) is 0.902. The normalized spacial score (nSPS) is 11.5. The highest BCUT2D eigenvalue weighted by Crippen LogP contribution is 2.37. The summed E-state index contributed by atoms with van der Waals surface area (Å²) >= 11 is 3.47. The third kappa shape index (κ3) is 4.45. The van der Waals surface area contributed by atoms with E-state index in [1.165, 1.54) is 6.07 Å². The van der Waals surface area contributed by atoms with Gasteiger partial charge in [-0.25, -0.2) is 4.98 Å². The van der Waals surface area contributed by atoms with Gasteiger partial charge in [0.1, 0.15) is 18.2 Å². The van der Waals surface area contributed by atoms with E-state index in [0.29, 0.717) is 30.4 Å². The highest BCUT2D eigenvalue weighted by Gasteiger charge is 2.30. The molecule has 28 heavy (non-hydrogen) atoms. The number of nitrogens with two attached hydrogens (primary N) is 1. The van der Waals surface area contributed by atoms with Crippen LogP contribution in [0.3, 0.4) is 0 Å². The molecule has 0 aliphatic heterocycles. The van der Waals surface area contributed by atoms with Crippen LogP contribution in [0.25, 0.3) is 11.3 Å². The molecule has 0 aliphatic carbocycles. The van der Waals surface area contributed by atoms with Crippen LogP contribution in [0.2, 0.25) is 0 Å². The first-order valence-electron chi connectivity index (χ1n) is 8.24. The first-order valence-corrected chi connectivity index (χ1v) is 9.04. The second-order valence-corrected chi connectivity index (χ2v) is 6.72. The summed E-state index contributed by atoms with van der Waals surface area (Å²) in [5, 5.41) is 7.21. The van der Waals surface area contributed by atoms with Crippen LogP contribution >= 0.6 is 15.9 Å². The molecule has 0 spiro atoms. The average molecular weight is 456 g/mol. The molecule has 0 saturated heterocycles. The molecule has 3 rings (SSSR count). The highest BCUT2D eigenvalue weighted by molar-refractivity contribution is 9.10. The molecule has 148 valence electrons. The molecule has 6 nitrogen and oxygen atoms in total. The maximum Gasteiger partial charge on any atom is 0.417 e. The molecule has 10 heteroatoms. The zero-order valence-corrected chi connectivity index (χ0v) is 16.4. The first-order chi connectivity index (χ1) is 13.3. The Morgan fingerprint density at radius 1 is 1.21 bits per heavy atom. The number of nitrogens with one attached hydrogen (secondary N) is 1. The number of anilines is 2. The van der Waals surface area contributed by atoms with Gasteiger partial charge in [-0.05, 0) is 46.3 Å². The Morgan fingerprint density at radius 3 is 2.57 bits per heavy atom. The van der Waals surface area contributed by atoms with Crippen LogP contribution < -0.4 is 15.8 Å². The Bertz CT molecular complexity index is 937. The van der Waals surface area contributed by atoms with E-state index < -0.39 is 11.7 Å². The fraction of sp³-hybridized carbons (Fsp3) is 0.222. The van der Waals surface area contributed by atoms with Crippen molar-refractivity contribution in [3.63, 3.8) is 0 Å². The van der Waals surface area contributed by atoms with E-state index in [9.17, 15) is 13.2 Å². The van der Waals surface area contributed by atoms with E-state index >= 15 is 0 Å². The Morgan fingerprint density at radius 2 is 2.00 bits per heavy atom. The van der Waals surface area contributed by atoms with Crippen molar-refractivity contribution in [2.75, 3.05) is 18.5 Å². The van der Waals surface area contributed by atoms with Gasteiger partial charge in [0.15, 0.2) is 0 Å². The number of aryl methyl sites for hydroxylation is 1. The molecule has 2 heterocycles. The van der Waals surface area contributed by atoms with Gasteiger partial charge in [-0.1, -0.05) is 0 Å². The standard InChI is InChI=1S/C18H17BrF3N5O/c1-27-17(14(19)10-25-27)13-8-12(3-4-15(13)28-7-6-23)26-16-5-2-11(9-24-16)18(20,21)22/h2-5,8-10H,6-7,23H2,1H3,(H,24,26). The number of benzene rings is 1. The van der Waals surface area contributed by atoms with Gasteiger partial charge < -0.3 is 15.8 Å². The lowest BCUT2D eigenvalue weighted by Gasteiger charge is -2.15. The van der Waals surface area contributed by atoms with Gasteiger partial charge in [0, 0.05) is 31.0 Å². The van der Waals surface area contributed by atoms with Crippen LogP contribution in [0.1, 0.15) is 5.56 Å². The molecule has 0 unspecified atom stereocenters. The third-order valence-electron chi connectivity index (χ3n) is 3.87. The largest absolute Gasteiger partial charge is 0.492 e. The van der Waals surface area contributed by atoms with Gasteiger partial charge in [-0.15, -0.1) is 0 Å². The molecule has 3 N–H and O–H groups in total. The number of hydrogen-bond donors (Lipinski definition) is 2. The molecule has 0 aliphatic rings. The summed E-state index contributed by atoms with van der Waals surface area (Å²) in [6.07, 6.45) is -1.97. The number of hydrogen-bond acceptors (Lipinski definition) is 5. The third-order valence-corrected chi connectivity index (χ3v) is 4.45. The van der Waals surface area contributed by atoms with Crippen LogP contribution in [0.4, 0.5) is 24.7 Å².